The summed E-state index contributed by atoms with van der Waals surface area (Å²) in [5.74, 6) is -0.392. The van der Waals surface area contributed by atoms with Crippen molar-refractivity contribution in [3.63, 3.8) is 0 Å². The van der Waals surface area contributed by atoms with Gasteiger partial charge in [0.05, 0.1) is 0 Å². The van der Waals surface area contributed by atoms with Crippen LogP contribution in [0, 0.1) is 22.0 Å². The Balaban J connectivity index is 2.84. The SMILES string of the molecule is C=CCN(CC=C)C(=O)/C(C#N)=C\Nc1ccc(SC#N)cc1. The second-order valence-electron chi connectivity index (χ2n) is 4.32. The lowest BCUT2D eigenvalue weighted by atomic mass is 10.2. The van der Waals surface area contributed by atoms with E-state index in [1.165, 1.54) is 11.1 Å². The molecule has 0 spiro atoms. The molecule has 0 bridgehead atoms. The lowest BCUT2D eigenvalue weighted by Gasteiger charge is -2.18. The van der Waals surface area contributed by atoms with Crippen molar-refractivity contribution < 1.29 is 4.79 Å². The van der Waals surface area contributed by atoms with E-state index in [1.54, 1.807) is 36.4 Å². The minimum absolute atomic E-state index is 0.0100. The second kappa shape index (κ2) is 9.88. The molecule has 0 atom stereocenters. The van der Waals surface area contributed by atoms with Gasteiger partial charge in [0.25, 0.3) is 5.91 Å². The first-order valence-corrected chi connectivity index (χ1v) is 7.51. The fraction of sp³-hybridized carbons (Fsp3) is 0.118. The van der Waals surface area contributed by atoms with Gasteiger partial charge in [-0.25, -0.2) is 0 Å². The van der Waals surface area contributed by atoms with Crippen molar-refractivity contribution in [1.29, 1.82) is 10.5 Å². The van der Waals surface area contributed by atoms with Crippen LogP contribution in [0.5, 0.6) is 0 Å². The van der Waals surface area contributed by atoms with Gasteiger partial charge in [0.1, 0.15) is 17.0 Å². The highest BCUT2D eigenvalue weighted by Gasteiger charge is 2.15. The summed E-state index contributed by atoms with van der Waals surface area (Å²) in [5, 5.41) is 22.7. The van der Waals surface area contributed by atoms with E-state index in [0.29, 0.717) is 18.8 Å². The Morgan fingerprint density at radius 2 is 1.83 bits per heavy atom. The fourth-order valence-corrected chi connectivity index (χ4v) is 2.07. The first kappa shape index (κ1) is 18.1. The zero-order valence-electron chi connectivity index (χ0n) is 12.5. The molecule has 0 radical (unpaired) electrons. The summed E-state index contributed by atoms with van der Waals surface area (Å²) in [5.41, 5.74) is 0.705. The van der Waals surface area contributed by atoms with Gasteiger partial charge in [-0.15, -0.1) is 13.2 Å². The standard InChI is InChI=1S/C17H16N4OS/c1-3-9-21(10-4-2)17(22)14(11-18)12-20-15-5-7-16(8-6-15)23-13-19/h3-8,12,20H,1-2,9-10H2/b14-12-. The molecule has 1 aromatic carbocycles. The van der Waals surface area contributed by atoms with Gasteiger partial charge < -0.3 is 10.2 Å². The van der Waals surface area contributed by atoms with Crippen LogP contribution in [0.25, 0.3) is 0 Å². The van der Waals surface area contributed by atoms with Crippen LogP contribution in [0.15, 0.2) is 66.2 Å². The minimum Gasteiger partial charge on any atom is -0.360 e. The number of thioether (sulfide) groups is 1. The van der Waals surface area contributed by atoms with Gasteiger partial charge in [-0.3, -0.25) is 4.79 Å². The van der Waals surface area contributed by atoms with E-state index in [9.17, 15) is 10.1 Å². The molecular formula is C17H16N4OS. The number of thiocyanates is 1. The lowest BCUT2D eigenvalue weighted by molar-refractivity contribution is -0.125. The average molecular weight is 324 g/mol. The molecule has 1 rings (SSSR count). The van der Waals surface area contributed by atoms with Gasteiger partial charge in [0.2, 0.25) is 0 Å². The number of nitriles is 2. The molecule has 0 aliphatic carbocycles. The van der Waals surface area contributed by atoms with Gasteiger partial charge >= 0.3 is 0 Å². The number of anilines is 1. The normalized spacial score (nSPS) is 10.1. The topological polar surface area (TPSA) is 79.9 Å². The maximum atomic E-state index is 12.3. The Labute approximate surface area is 140 Å². The van der Waals surface area contributed by atoms with E-state index >= 15 is 0 Å². The van der Waals surface area contributed by atoms with Crippen molar-refractivity contribution in [2.75, 3.05) is 18.4 Å². The quantitative estimate of drug-likeness (QED) is 0.261. The van der Waals surface area contributed by atoms with E-state index in [1.807, 2.05) is 11.5 Å². The van der Waals surface area contributed by atoms with Gasteiger partial charge in [0.15, 0.2) is 0 Å². The first-order valence-electron chi connectivity index (χ1n) is 6.70. The summed E-state index contributed by atoms with van der Waals surface area (Å²) >= 11 is 1.06. The number of rotatable bonds is 8. The Hall–Kier alpha value is -2.96. The minimum atomic E-state index is -0.392. The maximum absolute atomic E-state index is 12.3. The van der Waals surface area contributed by atoms with Crippen LogP contribution in [0.4, 0.5) is 5.69 Å². The van der Waals surface area contributed by atoms with Gasteiger partial charge in [-0.1, -0.05) is 12.2 Å². The summed E-state index contributed by atoms with van der Waals surface area (Å²) in [4.78, 5) is 14.6. The number of hydrogen-bond donors (Lipinski definition) is 1. The predicted molar refractivity (Wildman–Crippen MR) is 92.2 cm³/mol. The number of nitrogens with one attached hydrogen (secondary N) is 1. The highest BCUT2D eigenvalue weighted by Crippen LogP contribution is 2.19. The van der Waals surface area contributed by atoms with E-state index in [-0.39, 0.29) is 5.57 Å². The molecular weight excluding hydrogens is 308 g/mol. The van der Waals surface area contributed by atoms with Crippen LogP contribution < -0.4 is 5.32 Å². The average Bonchev–Trinajstić information content (AvgIpc) is 2.56. The number of amides is 1. The molecule has 0 saturated heterocycles. The molecule has 1 amide bonds. The van der Waals surface area contributed by atoms with Gasteiger partial charge in [-0.05, 0) is 36.0 Å². The summed E-state index contributed by atoms with van der Waals surface area (Å²) in [6.07, 6.45) is 4.55. The molecule has 0 aromatic heterocycles. The van der Waals surface area contributed by atoms with E-state index in [0.717, 1.165) is 16.7 Å². The van der Waals surface area contributed by atoms with Crippen LogP contribution in [0.3, 0.4) is 0 Å². The van der Waals surface area contributed by atoms with E-state index in [4.69, 9.17) is 5.26 Å². The van der Waals surface area contributed by atoms with Crippen molar-refractivity contribution in [3.05, 3.63) is 61.3 Å². The number of carbonyl (C=O) groups is 1. The lowest BCUT2D eigenvalue weighted by Crippen LogP contribution is -2.32. The molecule has 23 heavy (non-hydrogen) atoms. The Bertz CT molecular complexity index is 670. The van der Waals surface area contributed by atoms with Crippen molar-refractivity contribution in [2.24, 2.45) is 0 Å². The molecule has 1 aromatic rings. The molecule has 0 aliphatic heterocycles. The predicted octanol–water partition coefficient (Wildman–Crippen LogP) is 3.28. The summed E-state index contributed by atoms with van der Waals surface area (Å²) in [7, 11) is 0. The maximum Gasteiger partial charge on any atom is 0.266 e. The second-order valence-corrected chi connectivity index (χ2v) is 5.18. The van der Waals surface area contributed by atoms with Crippen molar-refractivity contribution in [3.8, 4) is 11.5 Å². The van der Waals surface area contributed by atoms with Crippen molar-refractivity contribution in [1.82, 2.24) is 4.90 Å². The zero-order chi connectivity index (χ0) is 17.1. The summed E-state index contributed by atoms with van der Waals surface area (Å²) in [6, 6.07) is 8.98. The van der Waals surface area contributed by atoms with E-state index in [2.05, 4.69) is 18.5 Å². The highest BCUT2D eigenvalue weighted by atomic mass is 32.2. The van der Waals surface area contributed by atoms with Crippen LogP contribution in [-0.4, -0.2) is 23.9 Å². The largest absolute Gasteiger partial charge is 0.360 e. The molecule has 0 fully saturated rings. The Kier molecular flexibility index (Phi) is 7.77. The number of hydrogen-bond acceptors (Lipinski definition) is 5. The molecule has 0 unspecified atom stereocenters. The Morgan fingerprint density at radius 3 is 2.30 bits per heavy atom. The van der Waals surface area contributed by atoms with Gasteiger partial charge in [-0.2, -0.15) is 10.5 Å². The smallest absolute Gasteiger partial charge is 0.266 e. The fourth-order valence-electron chi connectivity index (χ4n) is 1.69. The molecule has 0 saturated carbocycles. The molecule has 5 nitrogen and oxygen atoms in total. The van der Waals surface area contributed by atoms with Crippen molar-refractivity contribution in [2.45, 2.75) is 4.90 Å². The molecule has 1 N–H and O–H groups in total. The summed E-state index contributed by atoms with van der Waals surface area (Å²) < 4.78 is 0. The van der Waals surface area contributed by atoms with E-state index < -0.39 is 5.91 Å². The number of carbonyl (C=O) groups excluding carboxylic acids is 1. The van der Waals surface area contributed by atoms with Crippen LogP contribution in [0.1, 0.15) is 0 Å². The third-order valence-electron chi connectivity index (χ3n) is 2.74. The number of nitrogens with zero attached hydrogens (tertiary/aromatic N) is 3. The summed E-state index contributed by atoms with van der Waals surface area (Å²) in [6.45, 7) is 7.87. The molecule has 116 valence electrons. The molecule has 6 heteroatoms. The third-order valence-corrected chi connectivity index (χ3v) is 3.34. The van der Waals surface area contributed by atoms with Crippen LogP contribution in [0.2, 0.25) is 0 Å². The van der Waals surface area contributed by atoms with Crippen LogP contribution in [-0.2, 0) is 4.79 Å². The number of benzene rings is 1. The van der Waals surface area contributed by atoms with Gasteiger partial charge in [0, 0.05) is 29.9 Å². The molecule has 0 aliphatic rings. The monoisotopic (exact) mass is 324 g/mol. The Morgan fingerprint density at radius 1 is 1.22 bits per heavy atom. The van der Waals surface area contributed by atoms with Crippen molar-refractivity contribution >= 4 is 23.4 Å². The van der Waals surface area contributed by atoms with Crippen LogP contribution >= 0.6 is 11.8 Å². The third kappa shape index (κ3) is 5.74. The first-order chi connectivity index (χ1) is 11.2. The highest BCUT2D eigenvalue weighted by molar-refractivity contribution is 8.03. The molecule has 0 heterocycles. The zero-order valence-corrected chi connectivity index (χ0v) is 13.3.